The zero-order valence-corrected chi connectivity index (χ0v) is 19.7. The fraction of sp³-hybridized carbons (Fsp3) is 0.310. The molecule has 5 rings (SSSR count). The number of anilines is 3. The average Bonchev–Trinajstić information content (AvgIpc) is 3.03. The third-order valence-electron chi connectivity index (χ3n) is 6.55. The second kappa shape index (κ2) is 6.75. The van der Waals surface area contributed by atoms with Crippen LogP contribution in [0.25, 0.3) is 11.0 Å². The van der Waals surface area contributed by atoms with Crippen molar-refractivity contribution in [1.29, 1.82) is 0 Å². The highest BCUT2D eigenvalue weighted by molar-refractivity contribution is 5.94. The Morgan fingerprint density at radius 3 is 2.13 bits per heavy atom. The normalized spacial score (nSPS) is 13.5. The van der Waals surface area contributed by atoms with E-state index < -0.39 is 0 Å². The number of nitrogens with zero attached hydrogens (tertiary/aromatic N) is 1. The molecule has 0 N–H and O–H groups in total. The van der Waals surface area contributed by atoms with E-state index in [0.29, 0.717) is 0 Å². The third-order valence-corrected chi connectivity index (χ3v) is 6.55. The molecule has 2 nitrogen and oxygen atoms in total. The molecule has 0 spiro atoms. The van der Waals surface area contributed by atoms with Crippen LogP contribution in [0.1, 0.15) is 59.7 Å². The van der Waals surface area contributed by atoms with E-state index >= 15 is 0 Å². The van der Waals surface area contributed by atoms with Crippen molar-refractivity contribution in [2.75, 3.05) is 4.90 Å². The molecule has 31 heavy (non-hydrogen) atoms. The van der Waals surface area contributed by atoms with Crippen molar-refractivity contribution in [2.45, 2.75) is 60.3 Å². The summed E-state index contributed by atoms with van der Waals surface area (Å²) in [6, 6.07) is 18.0. The van der Waals surface area contributed by atoms with Crippen LogP contribution in [0.4, 0.5) is 17.3 Å². The zero-order chi connectivity index (χ0) is 22.1. The van der Waals surface area contributed by atoms with E-state index in [-0.39, 0.29) is 5.41 Å². The van der Waals surface area contributed by atoms with Crippen molar-refractivity contribution >= 4 is 28.2 Å². The standard InChI is InChI=1S/C29H31NO/c1-17-8-10-25-21(12-17)16-24-23-13-18(2)9-11-26(23)31-28(24)30(25)27-19(3)14-22(15-20(27)4)29(5,6)7/h8-15H,16H2,1-7H3. The molecular weight excluding hydrogens is 378 g/mol. The van der Waals surface area contributed by atoms with Crippen LogP contribution < -0.4 is 4.90 Å². The minimum atomic E-state index is 0.118. The van der Waals surface area contributed by atoms with Crippen LogP contribution in [0.3, 0.4) is 0 Å². The summed E-state index contributed by atoms with van der Waals surface area (Å²) in [4.78, 5) is 2.36. The highest BCUT2D eigenvalue weighted by atomic mass is 16.4. The molecule has 0 saturated carbocycles. The highest BCUT2D eigenvalue weighted by Gasteiger charge is 2.31. The summed E-state index contributed by atoms with van der Waals surface area (Å²) in [6.45, 7) is 15.6. The van der Waals surface area contributed by atoms with Gasteiger partial charge in [0.05, 0.1) is 11.4 Å². The van der Waals surface area contributed by atoms with Gasteiger partial charge in [0.15, 0.2) is 0 Å². The van der Waals surface area contributed by atoms with Crippen LogP contribution in [0.5, 0.6) is 0 Å². The number of benzene rings is 3. The average molecular weight is 410 g/mol. The lowest BCUT2D eigenvalue weighted by molar-refractivity contribution is 0.589. The molecule has 4 aromatic rings. The Bertz CT molecular complexity index is 1310. The van der Waals surface area contributed by atoms with Gasteiger partial charge >= 0.3 is 0 Å². The molecule has 1 aromatic heterocycles. The molecule has 3 aromatic carbocycles. The molecule has 0 radical (unpaired) electrons. The van der Waals surface area contributed by atoms with Gasteiger partial charge in [-0.1, -0.05) is 62.2 Å². The Balaban J connectivity index is 1.81. The molecule has 0 bridgehead atoms. The van der Waals surface area contributed by atoms with E-state index in [4.69, 9.17) is 4.42 Å². The van der Waals surface area contributed by atoms with Crippen LogP contribution in [-0.2, 0) is 11.8 Å². The molecule has 0 saturated heterocycles. The summed E-state index contributed by atoms with van der Waals surface area (Å²) >= 11 is 0. The van der Waals surface area contributed by atoms with E-state index in [0.717, 1.165) is 17.9 Å². The second-order valence-electron chi connectivity index (χ2n) is 10.2. The fourth-order valence-corrected chi connectivity index (χ4v) is 4.94. The molecule has 2 heteroatoms. The smallest absolute Gasteiger partial charge is 0.209 e. The van der Waals surface area contributed by atoms with Crippen LogP contribution in [0.2, 0.25) is 0 Å². The Labute approximate surface area is 185 Å². The maximum Gasteiger partial charge on any atom is 0.209 e. The Morgan fingerprint density at radius 1 is 0.806 bits per heavy atom. The van der Waals surface area contributed by atoms with Gasteiger partial charge in [0, 0.05) is 17.4 Å². The first-order valence-corrected chi connectivity index (χ1v) is 11.2. The maximum absolute atomic E-state index is 6.53. The predicted molar refractivity (Wildman–Crippen MR) is 131 cm³/mol. The Morgan fingerprint density at radius 2 is 1.45 bits per heavy atom. The molecule has 158 valence electrons. The Kier molecular flexibility index (Phi) is 4.34. The van der Waals surface area contributed by atoms with Gasteiger partial charge in [-0.15, -0.1) is 0 Å². The van der Waals surface area contributed by atoms with E-state index in [2.05, 4.69) is 102 Å². The molecule has 0 amide bonds. The molecule has 0 fully saturated rings. The van der Waals surface area contributed by atoms with Crippen molar-refractivity contribution in [3.8, 4) is 0 Å². The number of aryl methyl sites for hydroxylation is 4. The quantitative estimate of drug-likeness (QED) is 0.277. The van der Waals surface area contributed by atoms with Crippen molar-refractivity contribution in [1.82, 2.24) is 0 Å². The van der Waals surface area contributed by atoms with Gasteiger partial charge in [-0.25, -0.2) is 0 Å². The molecule has 2 heterocycles. The van der Waals surface area contributed by atoms with Crippen LogP contribution in [0.15, 0.2) is 52.9 Å². The lowest BCUT2D eigenvalue weighted by atomic mass is 9.84. The van der Waals surface area contributed by atoms with E-state index in [1.54, 1.807) is 0 Å². The number of furan rings is 1. The van der Waals surface area contributed by atoms with E-state index in [1.807, 2.05) is 0 Å². The topological polar surface area (TPSA) is 16.4 Å². The molecule has 1 aliphatic rings. The van der Waals surface area contributed by atoms with Gasteiger partial charge in [0.2, 0.25) is 5.88 Å². The first kappa shape index (κ1) is 19.9. The predicted octanol–water partition coefficient (Wildman–Crippen LogP) is 8.34. The zero-order valence-electron chi connectivity index (χ0n) is 19.7. The first-order chi connectivity index (χ1) is 14.6. The summed E-state index contributed by atoms with van der Waals surface area (Å²) in [6.07, 6.45) is 0.900. The molecule has 0 aliphatic carbocycles. The van der Waals surface area contributed by atoms with E-state index in [9.17, 15) is 0 Å². The van der Waals surface area contributed by atoms with Crippen LogP contribution in [-0.4, -0.2) is 0 Å². The van der Waals surface area contributed by atoms with Crippen molar-refractivity contribution in [2.24, 2.45) is 0 Å². The molecular formula is C29H31NO. The summed E-state index contributed by atoms with van der Waals surface area (Å²) in [7, 11) is 0. The summed E-state index contributed by atoms with van der Waals surface area (Å²) in [5.74, 6) is 0.965. The van der Waals surface area contributed by atoms with Gasteiger partial charge in [-0.3, -0.25) is 4.90 Å². The van der Waals surface area contributed by atoms with Gasteiger partial charge in [0.1, 0.15) is 5.58 Å². The van der Waals surface area contributed by atoms with Crippen molar-refractivity contribution < 1.29 is 4.42 Å². The minimum Gasteiger partial charge on any atom is -0.439 e. The lowest BCUT2D eigenvalue weighted by Crippen LogP contribution is -2.20. The van der Waals surface area contributed by atoms with Crippen LogP contribution in [0, 0.1) is 27.7 Å². The van der Waals surface area contributed by atoms with E-state index in [1.165, 1.54) is 55.7 Å². The van der Waals surface area contributed by atoms with Crippen LogP contribution >= 0.6 is 0 Å². The lowest BCUT2D eigenvalue weighted by Gasteiger charge is -2.33. The maximum atomic E-state index is 6.53. The molecule has 0 unspecified atom stereocenters. The van der Waals surface area contributed by atoms with Gasteiger partial charge in [-0.2, -0.15) is 0 Å². The second-order valence-corrected chi connectivity index (χ2v) is 10.2. The number of rotatable bonds is 1. The van der Waals surface area contributed by atoms with Gasteiger partial charge < -0.3 is 4.42 Å². The Hall–Kier alpha value is -3.00. The van der Waals surface area contributed by atoms with Crippen molar-refractivity contribution in [3.05, 3.63) is 87.5 Å². The summed E-state index contributed by atoms with van der Waals surface area (Å²) in [5, 5.41) is 1.23. The first-order valence-electron chi connectivity index (χ1n) is 11.2. The summed E-state index contributed by atoms with van der Waals surface area (Å²) in [5.41, 5.74) is 12.7. The molecule has 1 aliphatic heterocycles. The highest BCUT2D eigenvalue weighted by Crippen LogP contribution is 2.50. The SMILES string of the molecule is Cc1ccc2c(c1)Cc1c(oc3ccc(C)cc13)N2c1c(C)cc(C(C)(C)C)cc1C. The van der Waals surface area contributed by atoms with Gasteiger partial charge in [0.25, 0.3) is 0 Å². The fourth-order valence-electron chi connectivity index (χ4n) is 4.94. The van der Waals surface area contributed by atoms with Crippen molar-refractivity contribution in [3.63, 3.8) is 0 Å². The number of hydrogen-bond acceptors (Lipinski definition) is 2. The number of fused-ring (bicyclic) bond motifs is 4. The number of hydrogen-bond donors (Lipinski definition) is 0. The molecule has 0 atom stereocenters. The minimum absolute atomic E-state index is 0.118. The largest absolute Gasteiger partial charge is 0.439 e. The third kappa shape index (κ3) is 3.17. The van der Waals surface area contributed by atoms with Gasteiger partial charge in [-0.05, 0) is 73.6 Å². The summed E-state index contributed by atoms with van der Waals surface area (Å²) < 4.78 is 6.53. The monoisotopic (exact) mass is 409 g/mol.